The molecule has 0 spiro atoms. The quantitative estimate of drug-likeness (QED) is 0.198. The van der Waals surface area contributed by atoms with Gasteiger partial charge in [0.15, 0.2) is 5.82 Å². The number of hydrogen-bond acceptors (Lipinski definition) is 7. The van der Waals surface area contributed by atoms with E-state index in [-0.39, 0.29) is 11.4 Å². The second-order valence-corrected chi connectivity index (χ2v) is 11.6. The van der Waals surface area contributed by atoms with Crippen molar-refractivity contribution in [3.8, 4) is 22.7 Å². The first-order valence-corrected chi connectivity index (χ1v) is 15.0. The fourth-order valence-electron chi connectivity index (χ4n) is 4.49. The van der Waals surface area contributed by atoms with E-state index in [0.717, 1.165) is 27.3 Å². The van der Waals surface area contributed by atoms with Gasteiger partial charge < -0.3 is 4.74 Å². The van der Waals surface area contributed by atoms with Gasteiger partial charge in [0, 0.05) is 22.2 Å². The summed E-state index contributed by atoms with van der Waals surface area (Å²) in [5.74, 6) is 0.888. The SMILES string of the molecule is O=c1/c(=C/c2cn(-c3ccccc3)nc2-c2ccc(OCc3ccc(F)cc3)cc2)sc2nc(/C=C/c3cccs3)nn12. The molecular formula is C33H22FN5O2S2. The van der Waals surface area contributed by atoms with Crippen molar-refractivity contribution in [1.82, 2.24) is 24.4 Å². The maximum absolute atomic E-state index is 13.3. The molecule has 0 unspecified atom stereocenters. The highest BCUT2D eigenvalue weighted by Crippen LogP contribution is 2.27. The lowest BCUT2D eigenvalue weighted by molar-refractivity contribution is 0.306. The minimum Gasteiger partial charge on any atom is -0.489 e. The zero-order chi connectivity index (χ0) is 29.2. The molecule has 0 atom stereocenters. The van der Waals surface area contributed by atoms with Crippen LogP contribution in [0.2, 0.25) is 0 Å². The van der Waals surface area contributed by atoms with E-state index in [2.05, 4.69) is 10.1 Å². The van der Waals surface area contributed by atoms with Crippen LogP contribution in [0.25, 0.3) is 40.1 Å². The van der Waals surface area contributed by atoms with Gasteiger partial charge in [0.25, 0.3) is 5.56 Å². The van der Waals surface area contributed by atoms with Crippen molar-refractivity contribution in [2.24, 2.45) is 0 Å². The Morgan fingerprint density at radius 3 is 2.44 bits per heavy atom. The highest BCUT2D eigenvalue weighted by molar-refractivity contribution is 7.15. The van der Waals surface area contributed by atoms with Crippen LogP contribution >= 0.6 is 22.7 Å². The van der Waals surface area contributed by atoms with Gasteiger partial charge in [0.2, 0.25) is 4.96 Å². The zero-order valence-electron chi connectivity index (χ0n) is 22.5. The molecule has 43 heavy (non-hydrogen) atoms. The normalized spacial score (nSPS) is 12.1. The summed E-state index contributed by atoms with van der Waals surface area (Å²) in [5.41, 5.74) is 3.90. The average Bonchev–Trinajstić information content (AvgIpc) is 3.84. The third-order valence-corrected chi connectivity index (χ3v) is 8.43. The van der Waals surface area contributed by atoms with E-state index in [9.17, 15) is 9.18 Å². The molecule has 0 fully saturated rings. The second-order valence-electron chi connectivity index (χ2n) is 9.58. The van der Waals surface area contributed by atoms with Gasteiger partial charge in [0.05, 0.1) is 10.2 Å². The van der Waals surface area contributed by atoms with Gasteiger partial charge in [0.1, 0.15) is 23.9 Å². The van der Waals surface area contributed by atoms with E-state index < -0.39 is 0 Å². The lowest BCUT2D eigenvalue weighted by Gasteiger charge is -2.07. The third-order valence-electron chi connectivity index (χ3n) is 6.63. The minimum atomic E-state index is -0.278. The van der Waals surface area contributed by atoms with Crippen molar-refractivity contribution in [2.45, 2.75) is 6.61 Å². The van der Waals surface area contributed by atoms with Gasteiger partial charge in [-0.25, -0.2) is 9.07 Å². The minimum absolute atomic E-state index is 0.230. The number of nitrogens with zero attached hydrogens (tertiary/aromatic N) is 5. The van der Waals surface area contributed by atoms with Crippen LogP contribution in [0.5, 0.6) is 5.75 Å². The van der Waals surface area contributed by atoms with Crippen molar-refractivity contribution in [3.63, 3.8) is 0 Å². The van der Waals surface area contributed by atoms with Crippen LogP contribution in [0, 0.1) is 5.82 Å². The summed E-state index contributed by atoms with van der Waals surface area (Å²) in [7, 11) is 0. The summed E-state index contributed by atoms with van der Waals surface area (Å²) in [6.45, 7) is 0.327. The fourth-order valence-corrected chi connectivity index (χ4v) is 6.01. The van der Waals surface area contributed by atoms with E-state index in [4.69, 9.17) is 9.84 Å². The van der Waals surface area contributed by atoms with Crippen molar-refractivity contribution in [2.75, 3.05) is 0 Å². The number of hydrogen-bond donors (Lipinski definition) is 0. The van der Waals surface area contributed by atoms with Crippen molar-refractivity contribution in [3.05, 3.63) is 145 Å². The molecule has 4 heterocycles. The largest absolute Gasteiger partial charge is 0.489 e. The van der Waals surface area contributed by atoms with Crippen LogP contribution in [0.4, 0.5) is 4.39 Å². The lowest BCUT2D eigenvalue weighted by atomic mass is 10.1. The van der Waals surface area contributed by atoms with E-state index in [1.54, 1.807) is 28.2 Å². The number of benzene rings is 3. The second kappa shape index (κ2) is 11.6. The molecule has 0 amide bonds. The molecule has 0 aliphatic rings. The third kappa shape index (κ3) is 5.78. The maximum Gasteiger partial charge on any atom is 0.291 e. The molecule has 7 aromatic rings. The number of rotatable bonds is 8. The molecule has 0 aliphatic carbocycles. The Hall–Kier alpha value is -5.19. The Kier molecular flexibility index (Phi) is 7.20. The maximum atomic E-state index is 13.3. The number of fused-ring (bicyclic) bond motifs is 1. The van der Waals surface area contributed by atoms with Crippen LogP contribution in [0.1, 0.15) is 21.8 Å². The number of thiophene rings is 1. The van der Waals surface area contributed by atoms with E-state index in [1.807, 2.05) is 96.5 Å². The number of thiazole rings is 1. The molecule has 10 heteroatoms. The Balaban J connectivity index is 1.21. The Bertz CT molecular complexity index is 2150. The van der Waals surface area contributed by atoms with Gasteiger partial charge in [-0.3, -0.25) is 4.79 Å². The molecule has 0 aliphatic heterocycles. The molecule has 0 N–H and O–H groups in total. The number of aromatic nitrogens is 5. The summed E-state index contributed by atoms with van der Waals surface area (Å²) in [6.07, 6.45) is 7.49. The molecule has 7 rings (SSSR count). The predicted octanol–water partition coefficient (Wildman–Crippen LogP) is 6.50. The van der Waals surface area contributed by atoms with Crippen LogP contribution in [-0.2, 0) is 6.61 Å². The highest BCUT2D eigenvalue weighted by atomic mass is 32.1. The van der Waals surface area contributed by atoms with E-state index in [0.29, 0.717) is 33.4 Å². The monoisotopic (exact) mass is 603 g/mol. The van der Waals surface area contributed by atoms with Gasteiger partial charge in [-0.05, 0) is 83.8 Å². The number of halogens is 1. The van der Waals surface area contributed by atoms with Gasteiger partial charge >= 0.3 is 0 Å². The van der Waals surface area contributed by atoms with Gasteiger partial charge in [-0.2, -0.15) is 14.6 Å². The molecule has 7 nitrogen and oxygen atoms in total. The average molecular weight is 604 g/mol. The molecular weight excluding hydrogens is 582 g/mol. The van der Waals surface area contributed by atoms with Crippen LogP contribution in [-0.4, -0.2) is 24.4 Å². The molecule has 3 aromatic carbocycles. The summed E-state index contributed by atoms with van der Waals surface area (Å²) in [5, 5.41) is 11.3. The predicted molar refractivity (Wildman–Crippen MR) is 169 cm³/mol. The van der Waals surface area contributed by atoms with E-state index >= 15 is 0 Å². The van der Waals surface area contributed by atoms with Crippen molar-refractivity contribution >= 4 is 45.9 Å². The molecule has 0 saturated carbocycles. The summed E-state index contributed by atoms with van der Waals surface area (Å²) < 4.78 is 22.8. The Morgan fingerprint density at radius 1 is 0.884 bits per heavy atom. The van der Waals surface area contributed by atoms with Crippen LogP contribution < -0.4 is 14.8 Å². The molecule has 0 saturated heterocycles. The fraction of sp³-hybridized carbons (Fsp3) is 0.0303. The van der Waals surface area contributed by atoms with Crippen LogP contribution in [0.15, 0.2) is 107 Å². The topological polar surface area (TPSA) is 74.3 Å². The number of ether oxygens (including phenoxy) is 1. The molecule has 0 bridgehead atoms. The van der Waals surface area contributed by atoms with Gasteiger partial charge in [-0.15, -0.1) is 16.4 Å². The molecule has 210 valence electrons. The first-order chi connectivity index (χ1) is 21.1. The first-order valence-electron chi connectivity index (χ1n) is 13.3. The first kappa shape index (κ1) is 26.7. The summed E-state index contributed by atoms with van der Waals surface area (Å²) in [4.78, 5) is 19.5. The Labute approximate surface area is 253 Å². The lowest BCUT2D eigenvalue weighted by Crippen LogP contribution is -2.23. The molecule has 4 aromatic heterocycles. The van der Waals surface area contributed by atoms with Crippen LogP contribution in [0.3, 0.4) is 0 Å². The molecule has 0 radical (unpaired) electrons. The summed E-state index contributed by atoms with van der Waals surface area (Å²) in [6, 6.07) is 27.6. The summed E-state index contributed by atoms with van der Waals surface area (Å²) >= 11 is 2.91. The van der Waals surface area contributed by atoms with Crippen molar-refractivity contribution < 1.29 is 9.13 Å². The standard InChI is InChI=1S/C33H22FN5O2S2/c34-25-12-8-22(9-13-25)21-41-27-14-10-23(11-15-27)31-24(20-38(37-31)26-5-2-1-3-6-26)19-29-32(40)39-33(43-29)35-30(36-39)17-16-28-7-4-18-42-28/h1-20H,21H2/b17-16+,29-19-. The van der Waals surface area contributed by atoms with Gasteiger partial charge in [-0.1, -0.05) is 47.7 Å². The smallest absolute Gasteiger partial charge is 0.291 e. The van der Waals surface area contributed by atoms with E-state index in [1.165, 1.54) is 28.0 Å². The highest BCUT2D eigenvalue weighted by Gasteiger charge is 2.14. The Morgan fingerprint density at radius 2 is 1.70 bits per heavy atom. The zero-order valence-corrected chi connectivity index (χ0v) is 24.1. The number of para-hydroxylation sites is 1. The van der Waals surface area contributed by atoms with Crippen molar-refractivity contribution in [1.29, 1.82) is 0 Å².